The van der Waals surface area contributed by atoms with Gasteiger partial charge in [0.05, 0.1) is 12.1 Å². The molecule has 0 aliphatic rings. The highest BCUT2D eigenvalue weighted by Crippen LogP contribution is 2.24. The van der Waals surface area contributed by atoms with Crippen molar-refractivity contribution in [2.75, 3.05) is 5.32 Å². The zero-order valence-electron chi connectivity index (χ0n) is 17.8. The molecule has 1 amide bonds. The standard InChI is InChI=1S/C23H16ClF3N4O4/c24-15-5-3-14(4-6-15)12-31-21(33)20-18(2-1-11-28-20)30(22(31)34)13-19(32)29-16-7-9-17(10-8-16)35-23(25,26)27/h1-11H,12-13H2,(H,29,32). The SMILES string of the molecule is O=C(Cn1c(=O)n(Cc2ccc(Cl)cc2)c(=O)c2ncccc21)Nc1ccc(OC(F)(F)F)cc1. The van der Waals surface area contributed by atoms with Crippen molar-refractivity contribution < 1.29 is 22.7 Å². The van der Waals surface area contributed by atoms with E-state index in [4.69, 9.17) is 11.6 Å². The van der Waals surface area contributed by atoms with E-state index >= 15 is 0 Å². The van der Waals surface area contributed by atoms with Crippen LogP contribution in [0.1, 0.15) is 5.56 Å². The maximum atomic E-state index is 13.2. The van der Waals surface area contributed by atoms with Crippen molar-refractivity contribution in [2.24, 2.45) is 0 Å². The zero-order valence-corrected chi connectivity index (χ0v) is 18.5. The summed E-state index contributed by atoms with van der Waals surface area (Å²) in [5, 5.41) is 3.00. The topological polar surface area (TPSA) is 95.2 Å². The highest BCUT2D eigenvalue weighted by molar-refractivity contribution is 6.30. The van der Waals surface area contributed by atoms with E-state index in [1.165, 1.54) is 30.5 Å². The van der Waals surface area contributed by atoms with Gasteiger partial charge in [0.2, 0.25) is 5.91 Å². The molecule has 0 saturated heterocycles. The van der Waals surface area contributed by atoms with Gasteiger partial charge in [-0.25, -0.2) is 9.78 Å². The van der Waals surface area contributed by atoms with Crippen LogP contribution in [0.3, 0.4) is 0 Å². The van der Waals surface area contributed by atoms with E-state index < -0.39 is 35.8 Å². The van der Waals surface area contributed by atoms with Crippen molar-refractivity contribution in [3.63, 3.8) is 0 Å². The van der Waals surface area contributed by atoms with Gasteiger partial charge in [0, 0.05) is 16.9 Å². The molecule has 12 heteroatoms. The lowest BCUT2D eigenvalue weighted by Gasteiger charge is -2.14. The summed E-state index contributed by atoms with van der Waals surface area (Å²) < 4.78 is 42.8. The lowest BCUT2D eigenvalue weighted by molar-refractivity contribution is -0.274. The summed E-state index contributed by atoms with van der Waals surface area (Å²) in [6.07, 6.45) is -3.44. The first-order valence-electron chi connectivity index (χ1n) is 10.1. The van der Waals surface area contributed by atoms with Crippen LogP contribution in [0.25, 0.3) is 11.0 Å². The molecule has 0 aliphatic heterocycles. The number of halogens is 4. The molecule has 0 unspecified atom stereocenters. The molecule has 8 nitrogen and oxygen atoms in total. The summed E-state index contributed by atoms with van der Waals surface area (Å²) >= 11 is 5.90. The van der Waals surface area contributed by atoms with Gasteiger partial charge in [0.15, 0.2) is 5.52 Å². The number of carbonyl (C=O) groups is 1. The maximum Gasteiger partial charge on any atom is 0.573 e. The van der Waals surface area contributed by atoms with E-state index in [2.05, 4.69) is 15.0 Å². The van der Waals surface area contributed by atoms with Crippen molar-refractivity contribution >= 4 is 34.2 Å². The number of hydrogen-bond donors (Lipinski definition) is 1. The summed E-state index contributed by atoms with van der Waals surface area (Å²) in [5.41, 5.74) is -0.344. The minimum Gasteiger partial charge on any atom is -0.406 e. The third-order valence-electron chi connectivity index (χ3n) is 4.91. The van der Waals surface area contributed by atoms with Crippen molar-refractivity contribution in [1.29, 1.82) is 0 Å². The van der Waals surface area contributed by atoms with E-state index in [0.29, 0.717) is 10.6 Å². The summed E-state index contributed by atoms with van der Waals surface area (Å²) in [5.74, 6) is -1.09. The van der Waals surface area contributed by atoms with Crippen LogP contribution in [-0.2, 0) is 17.9 Å². The molecule has 0 radical (unpaired) electrons. The fraction of sp³-hybridized carbons (Fsp3) is 0.130. The van der Waals surface area contributed by atoms with Gasteiger partial charge in [-0.15, -0.1) is 13.2 Å². The molecule has 4 aromatic rings. The Labute approximate surface area is 200 Å². The minimum absolute atomic E-state index is 0.00233. The van der Waals surface area contributed by atoms with Crippen LogP contribution >= 0.6 is 11.6 Å². The van der Waals surface area contributed by atoms with Crippen molar-refractivity contribution in [2.45, 2.75) is 19.5 Å². The Bertz CT molecular complexity index is 1500. The Balaban J connectivity index is 1.63. The number of alkyl halides is 3. The van der Waals surface area contributed by atoms with Gasteiger partial charge in [-0.05, 0) is 54.1 Å². The molecule has 2 heterocycles. The van der Waals surface area contributed by atoms with Gasteiger partial charge < -0.3 is 10.1 Å². The quantitative estimate of drug-likeness (QED) is 0.431. The largest absolute Gasteiger partial charge is 0.573 e. The summed E-state index contributed by atoms with van der Waals surface area (Å²) in [4.78, 5) is 42.9. The third-order valence-corrected chi connectivity index (χ3v) is 5.17. The van der Waals surface area contributed by atoms with E-state index in [0.717, 1.165) is 21.3 Å². The van der Waals surface area contributed by atoms with Crippen molar-refractivity contribution in [3.8, 4) is 5.75 Å². The average molecular weight is 505 g/mol. The molecule has 0 spiro atoms. The molecule has 2 aromatic heterocycles. The molecule has 0 aliphatic carbocycles. The molecular weight excluding hydrogens is 489 g/mol. The molecule has 0 fully saturated rings. The zero-order chi connectivity index (χ0) is 25.2. The molecule has 35 heavy (non-hydrogen) atoms. The lowest BCUT2D eigenvalue weighted by Crippen LogP contribution is -2.42. The molecular formula is C23H16ClF3N4O4. The molecule has 2 aromatic carbocycles. The Morgan fingerprint density at radius 3 is 2.34 bits per heavy atom. The number of aromatic nitrogens is 3. The predicted octanol–water partition coefficient (Wildman–Crippen LogP) is 3.80. The van der Waals surface area contributed by atoms with Crippen LogP contribution in [0, 0.1) is 0 Å². The van der Waals surface area contributed by atoms with Crippen LogP contribution in [0.5, 0.6) is 5.75 Å². The van der Waals surface area contributed by atoms with E-state index in [1.54, 1.807) is 24.3 Å². The number of hydrogen-bond acceptors (Lipinski definition) is 5. The Kier molecular flexibility index (Phi) is 6.61. The molecule has 4 rings (SSSR count). The number of carbonyl (C=O) groups excluding carboxylic acids is 1. The number of fused-ring (bicyclic) bond motifs is 1. The van der Waals surface area contributed by atoms with E-state index in [9.17, 15) is 27.6 Å². The average Bonchev–Trinajstić information content (AvgIpc) is 2.81. The van der Waals surface area contributed by atoms with Gasteiger partial charge in [-0.2, -0.15) is 0 Å². The highest BCUT2D eigenvalue weighted by atomic mass is 35.5. The first kappa shape index (κ1) is 24.0. The van der Waals surface area contributed by atoms with Gasteiger partial charge in [-0.3, -0.25) is 18.7 Å². The van der Waals surface area contributed by atoms with Crippen molar-refractivity contribution in [3.05, 3.63) is 98.3 Å². The molecule has 180 valence electrons. The van der Waals surface area contributed by atoms with Gasteiger partial charge >= 0.3 is 12.1 Å². The number of amides is 1. The smallest absolute Gasteiger partial charge is 0.406 e. The first-order valence-corrected chi connectivity index (χ1v) is 10.5. The number of benzene rings is 2. The fourth-order valence-corrected chi connectivity index (χ4v) is 3.52. The number of ether oxygens (including phenoxy) is 1. The van der Waals surface area contributed by atoms with Crippen LogP contribution in [-0.4, -0.2) is 26.4 Å². The van der Waals surface area contributed by atoms with Gasteiger partial charge in [0.25, 0.3) is 5.56 Å². The Hall–Kier alpha value is -4.12. The maximum absolute atomic E-state index is 13.2. The second-order valence-electron chi connectivity index (χ2n) is 7.38. The first-order chi connectivity index (χ1) is 16.6. The van der Waals surface area contributed by atoms with Crippen LogP contribution in [0.15, 0.2) is 76.4 Å². The number of anilines is 1. The molecule has 0 bridgehead atoms. The Morgan fingerprint density at radius 2 is 1.69 bits per heavy atom. The van der Waals surface area contributed by atoms with E-state index in [1.807, 2.05) is 0 Å². The summed E-state index contributed by atoms with van der Waals surface area (Å²) in [6, 6.07) is 14.1. The van der Waals surface area contributed by atoms with Gasteiger partial charge in [0.1, 0.15) is 12.3 Å². The van der Waals surface area contributed by atoms with Crippen LogP contribution in [0.4, 0.5) is 18.9 Å². The minimum atomic E-state index is -4.84. The van der Waals surface area contributed by atoms with Crippen LogP contribution in [0.2, 0.25) is 5.02 Å². The van der Waals surface area contributed by atoms with Crippen molar-refractivity contribution in [1.82, 2.24) is 14.1 Å². The molecule has 1 N–H and O–H groups in total. The van der Waals surface area contributed by atoms with Gasteiger partial charge in [-0.1, -0.05) is 23.7 Å². The molecule has 0 saturated carbocycles. The molecule has 0 atom stereocenters. The highest BCUT2D eigenvalue weighted by Gasteiger charge is 2.31. The summed E-state index contributed by atoms with van der Waals surface area (Å²) in [6.45, 7) is -0.535. The second kappa shape index (κ2) is 9.63. The second-order valence-corrected chi connectivity index (χ2v) is 7.81. The Morgan fingerprint density at radius 1 is 1.00 bits per heavy atom. The van der Waals surface area contributed by atoms with E-state index in [-0.39, 0.29) is 23.3 Å². The number of pyridine rings is 1. The third kappa shape index (κ3) is 5.69. The number of rotatable bonds is 6. The monoisotopic (exact) mass is 504 g/mol. The summed E-state index contributed by atoms with van der Waals surface area (Å²) in [7, 11) is 0. The van der Waals surface area contributed by atoms with Crippen LogP contribution < -0.4 is 21.3 Å². The number of nitrogens with zero attached hydrogens (tertiary/aromatic N) is 3. The predicted molar refractivity (Wildman–Crippen MR) is 123 cm³/mol. The number of nitrogens with one attached hydrogen (secondary N) is 1. The lowest BCUT2D eigenvalue weighted by atomic mass is 10.2. The normalized spacial score (nSPS) is 11.4. The fourth-order valence-electron chi connectivity index (χ4n) is 3.39.